The first-order valence-corrected chi connectivity index (χ1v) is 10.4. The lowest BCUT2D eigenvalue weighted by molar-refractivity contribution is -0.385. The minimum atomic E-state index is -0.931. The molecule has 0 fully saturated rings. The van der Waals surface area contributed by atoms with Crippen molar-refractivity contribution in [3.05, 3.63) is 80.2 Å². The first kappa shape index (κ1) is 21.8. The zero-order valence-electron chi connectivity index (χ0n) is 17.2. The zero-order chi connectivity index (χ0) is 23.9. The topological polar surface area (TPSA) is 153 Å². The number of rotatable bonds is 6. The minimum absolute atomic E-state index is 0.120. The number of aryl methyl sites for hydroxylation is 1. The number of nitrogens with one attached hydrogen (secondary N) is 1. The fraction of sp³-hybridized carbons (Fsp3) is 0.0909. The molecule has 0 bridgehead atoms. The summed E-state index contributed by atoms with van der Waals surface area (Å²) >= 11 is 1.14. The number of nitro groups is 1. The van der Waals surface area contributed by atoms with Crippen LogP contribution in [-0.4, -0.2) is 40.0 Å². The number of primary amides is 1. The van der Waals surface area contributed by atoms with Crippen molar-refractivity contribution in [3.63, 3.8) is 0 Å². The molecule has 0 atom stereocenters. The number of benzene rings is 2. The highest BCUT2D eigenvalue weighted by Crippen LogP contribution is 2.39. The third kappa shape index (κ3) is 3.74. The summed E-state index contributed by atoms with van der Waals surface area (Å²) in [5.41, 5.74) is 6.03. The molecule has 1 aliphatic rings. The van der Waals surface area contributed by atoms with E-state index in [-0.39, 0.29) is 21.7 Å². The highest BCUT2D eigenvalue weighted by atomic mass is 32.1. The predicted molar refractivity (Wildman–Crippen MR) is 120 cm³/mol. The standard InChI is InChI=1S/C22H16N4O6S/c1-11-16(12-6-3-2-4-7-12)18(19(23)28)20(33-11)24-15(27)10-25-21(29)13-8-5-9-14(26(31)32)17(13)22(25)30/h2-9H,10H2,1H3,(H2,23,28)(H,24,27). The van der Waals surface area contributed by atoms with Crippen LogP contribution in [0.3, 0.4) is 0 Å². The summed E-state index contributed by atoms with van der Waals surface area (Å²) in [6, 6.07) is 12.7. The van der Waals surface area contributed by atoms with E-state index in [1.165, 1.54) is 12.1 Å². The normalized spacial score (nSPS) is 12.6. The number of amides is 4. The largest absolute Gasteiger partial charge is 0.365 e. The van der Waals surface area contributed by atoms with Crippen molar-refractivity contribution in [2.75, 3.05) is 11.9 Å². The molecule has 4 amide bonds. The molecular formula is C22H16N4O6S. The zero-order valence-corrected chi connectivity index (χ0v) is 18.0. The smallest absolute Gasteiger partial charge is 0.282 e. The molecule has 2 heterocycles. The second-order valence-corrected chi connectivity index (χ2v) is 8.39. The molecule has 1 aromatic heterocycles. The highest BCUT2D eigenvalue weighted by Gasteiger charge is 2.41. The van der Waals surface area contributed by atoms with Gasteiger partial charge in [-0.05, 0) is 18.6 Å². The van der Waals surface area contributed by atoms with Gasteiger partial charge in [0.2, 0.25) is 5.91 Å². The van der Waals surface area contributed by atoms with Gasteiger partial charge in [0.25, 0.3) is 23.4 Å². The van der Waals surface area contributed by atoms with Gasteiger partial charge in [0.1, 0.15) is 17.1 Å². The Morgan fingerprint density at radius 2 is 1.76 bits per heavy atom. The van der Waals surface area contributed by atoms with E-state index in [0.29, 0.717) is 10.5 Å². The SMILES string of the molecule is Cc1sc(NC(=O)CN2C(=O)c3cccc([N+](=O)[O-])c3C2=O)c(C(N)=O)c1-c1ccccc1. The van der Waals surface area contributed by atoms with Crippen LogP contribution >= 0.6 is 11.3 Å². The Morgan fingerprint density at radius 3 is 2.39 bits per heavy atom. The Morgan fingerprint density at radius 1 is 1.06 bits per heavy atom. The molecule has 1 aliphatic heterocycles. The van der Waals surface area contributed by atoms with E-state index in [1.54, 1.807) is 31.2 Å². The number of nitro benzene ring substituents is 1. The third-order valence-corrected chi connectivity index (χ3v) is 6.14. The van der Waals surface area contributed by atoms with Crippen LogP contribution in [0.15, 0.2) is 48.5 Å². The lowest BCUT2D eigenvalue weighted by Crippen LogP contribution is -2.37. The number of carbonyl (C=O) groups excluding carboxylic acids is 4. The number of carbonyl (C=O) groups is 4. The molecule has 3 aromatic rings. The Kier molecular flexibility index (Phi) is 5.48. The van der Waals surface area contributed by atoms with Crippen LogP contribution in [0.2, 0.25) is 0 Å². The molecule has 0 saturated carbocycles. The van der Waals surface area contributed by atoms with Crippen LogP contribution in [0.5, 0.6) is 0 Å². The summed E-state index contributed by atoms with van der Waals surface area (Å²) in [6.07, 6.45) is 0. The average Bonchev–Trinajstić information content (AvgIpc) is 3.23. The monoisotopic (exact) mass is 464 g/mol. The van der Waals surface area contributed by atoms with E-state index in [1.807, 2.05) is 6.07 Å². The van der Waals surface area contributed by atoms with Crippen molar-refractivity contribution >= 4 is 45.7 Å². The van der Waals surface area contributed by atoms with E-state index in [0.717, 1.165) is 27.8 Å². The fourth-order valence-electron chi connectivity index (χ4n) is 3.74. The molecule has 2 aromatic carbocycles. The van der Waals surface area contributed by atoms with E-state index in [4.69, 9.17) is 5.73 Å². The van der Waals surface area contributed by atoms with E-state index in [2.05, 4.69) is 5.32 Å². The molecule has 10 nitrogen and oxygen atoms in total. The Bertz CT molecular complexity index is 1350. The number of thiophene rings is 1. The van der Waals surface area contributed by atoms with Crippen LogP contribution in [0, 0.1) is 17.0 Å². The molecule has 0 spiro atoms. The average molecular weight is 464 g/mol. The van der Waals surface area contributed by atoms with Gasteiger partial charge in [0.05, 0.1) is 16.1 Å². The number of anilines is 1. The van der Waals surface area contributed by atoms with E-state index >= 15 is 0 Å². The third-order valence-electron chi connectivity index (χ3n) is 5.12. The summed E-state index contributed by atoms with van der Waals surface area (Å²) in [5.74, 6) is -3.24. The van der Waals surface area contributed by atoms with Gasteiger partial charge in [-0.2, -0.15) is 0 Å². The molecule has 0 aliphatic carbocycles. The van der Waals surface area contributed by atoms with E-state index in [9.17, 15) is 29.3 Å². The van der Waals surface area contributed by atoms with Crippen molar-refractivity contribution in [1.29, 1.82) is 0 Å². The van der Waals surface area contributed by atoms with Crippen LogP contribution in [0.1, 0.15) is 36.0 Å². The number of fused-ring (bicyclic) bond motifs is 1. The van der Waals surface area contributed by atoms with Gasteiger partial charge in [-0.3, -0.25) is 34.2 Å². The summed E-state index contributed by atoms with van der Waals surface area (Å²) in [4.78, 5) is 62.1. The molecule has 0 unspecified atom stereocenters. The van der Waals surface area contributed by atoms with Crippen LogP contribution < -0.4 is 11.1 Å². The molecule has 4 rings (SSSR count). The van der Waals surface area contributed by atoms with Gasteiger partial charge in [-0.1, -0.05) is 36.4 Å². The summed E-state index contributed by atoms with van der Waals surface area (Å²) in [5, 5.41) is 14.0. The first-order valence-electron chi connectivity index (χ1n) is 9.62. The Balaban J connectivity index is 1.61. The molecule has 33 heavy (non-hydrogen) atoms. The van der Waals surface area contributed by atoms with Crippen molar-refractivity contribution < 1.29 is 24.1 Å². The number of hydrogen-bond donors (Lipinski definition) is 2. The van der Waals surface area contributed by atoms with Gasteiger partial charge in [0, 0.05) is 16.5 Å². The van der Waals surface area contributed by atoms with Gasteiger partial charge in [-0.15, -0.1) is 11.3 Å². The molecule has 3 N–H and O–H groups in total. The number of nitrogens with two attached hydrogens (primary N) is 1. The summed E-state index contributed by atoms with van der Waals surface area (Å²) in [6.45, 7) is 1.09. The van der Waals surface area contributed by atoms with Crippen molar-refractivity contribution in [2.45, 2.75) is 6.92 Å². The van der Waals surface area contributed by atoms with Crippen LogP contribution in [0.4, 0.5) is 10.7 Å². The summed E-state index contributed by atoms with van der Waals surface area (Å²) in [7, 11) is 0. The number of hydrogen-bond acceptors (Lipinski definition) is 7. The number of imide groups is 1. The second-order valence-electron chi connectivity index (χ2n) is 7.17. The lowest BCUT2D eigenvalue weighted by Gasteiger charge is -2.13. The van der Waals surface area contributed by atoms with Crippen molar-refractivity contribution in [3.8, 4) is 11.1 Å². The molecule has 0 saturated heterocycles. The maximum atomic E-state index is 12.7. The second kappa shape index (κ2) is 8.28. The predicted octanol–water partition coefficient (Wildman–Crippen LogP) is 2.97. The molecule has 11 heteroatoms. The van der Waals surface area contributed by atoms with Gasteiger partial charge < -0.3 is 11.1 Å². The fourth-order valence-corrected chi connectivity index (χ4v) is 4.84. The van der Waals surface area contributed by atoms with Crippen molar-refractivity contribution in [2.24, 2.45) is 5.73 Å². The van der Waals surface area contributed by atoms with Crippen LogP contribution in [-0.2, 0) is 4.79 Å². The maximum Gasteiger partial charge on any atom is 0.282 e. The molecular weight excluding hydrogens is 448 g/mol. The quantitative estimate of drug-likeness (QED) is 0.325. The highest BCUT2D eigenvalue weighted by molar-refractivity contribution is 7.17. The number of nitrogens with zero attached hydrogens (tertiary/aromatic N) is 2. The first-order chi connectivity index (χ1) is 15.7. The molecule has 166 valence electrons. The minimum Gasteiger partial charge on any atom is -0.365 e. The summed E-state index contributed by atoms with van der Waals surface area (Å²) < 4.78 is 0. The van der Waals surface area contributed by atoms with E-state index < -0.39 is 40.8 Å². The van der Waals surface area contributed by atoms with Gasteiger partial charge >= 0.3 is 0 Å². The van der Waals surface area contributed by atoms with Gasteiger partial charge in [-0.25, -0.2) is 0 Å². The Labute approximate surface area is 190 Å². The maximum absolute atomic E-state index is 12.7. The lowest BCUT2D eigenvalue weighted by atomic mass is 10.0. The Hall–Kier alpha value is -4.38. The van der Waals surface area contributed by atoms with Crippen LogP contribution in [0.25, 0.3) is 11.1 Å². The molecule has 0 radical (unpaired) electrons. The van der Waals surface area contributed by atoms with Gasteiger partial charge in [0.15, 0.2) is 0 Å². The van der Waals surface area contributed by atoms with Crippen molar-refractivity contribution in [1.82, 2.24) is 4.90 Å².